The maximum atomic E-state index is 5.38. The van der Waals surface area contributed by atoms with E-state index in [1.165, 1.54) is 0 Å². The number of benzene rings is 1. The summed E-state index contributed by atoms with van der Waals surface area (Å²) in [5, 5.41) is 0. The fraction of sp³-hybridized carbons (Fsp3) is 0.333. The Balaban J connectivity index is 2.78. The second-order valence-corrected chi connectivity index (χ2v) is 3.01. The van der Waals surface area contributed by atoms with Crippen LogP contribution in [0.15, 0.2) is 24.8 Å². The fourth-order valence-electron chi connectivity index (χ4n) is 1.15. The Bertz CT molecular complexity index is 336. The summed E-state index contributed by atoms with van der Waals surface area (Å²) < 4.78 is 20.3. The van der Waals surface area contributed by atoms with E-state index in [0.29, 0.717) is 11.5 Å². The van der Waals surface area contributed by atoms with E-state index in [2.05, 4.69) is 6.58 Å². The van der Waals surface area contributed by atoms with Crippen molar-refractivity contribution in [2.75, 3.05) is 27.8 Å². The molecule has 0 saturated carbocycles. The van der Waals surface area contributed by atoms with E-state index in [1.807, 2.05) is 12.1 Å². The summed E-state index contributed by atoms with van der Waals surface area (Å²) in [5.74, 6) is 1.35. The van der Waals surface area contributed by atoms with E-state index in [1.54, 1.807) is 26.4 Å². The van der Waals surface area contributed by atoms with Crippen LogP contribution in [-0.2, 0) is 9.47 Å². The monoisotopic (exact) mass is 224 g/mol. The van der Waals surface area contributed by atoms with Crippen molar-refractivity contribution < 1.29 is 18.9 Å². The van der Waals surface area contributed by atoms with Crippen LogP contribution in [0.4, 0.5) is 0 Å². The normalized spacial score (nSPS) is 9.88. The van der Waals surface area contributed by atoms with Crippen LogP contribution < -0.4 is 9.47 Å². The minimum absolute atomic E-state index is 0.189. The van der Waals surface area contributed by atoms with Crippen molar-refractivity contribution in [3.8, 4) is 11.5 Å². The van der Waals surface area contributed by atoms with Crippen LogP contribution in [0.5, 0.6) is 11.5 Å². The molecule has 16 heavy (non-hydrogen) atoms. The van der Waals surface area contributed by atoms with Crippen LogP contribution in [-0.4, -0.2) is 27.8 Å². The van der Waals surface area contributed by atoms with E-state index in [4.69, 9.17) is 18.9 Å². The smallest absolute Gasteiger partial charge is 0.188 e. The molecule has 0 heterocycles. The summed E-state index contributed by atoms with van der Waals surface area (Å²) in [6.45, 7) is 4.10. The molecule has 1 aromatic rings. The van der Waals surface area contributed by atoms with Gasteiger partial charge < -0.3 is 18.9 Å². The molecule has 0 radical (unpaired) electrons. The van der Waals surface area contributed by atoms with Gasteiger partial charge in [0.15, 0.2) is 13.6 Å². The maximum Gasteiger partial charge on any atom is 0.188 e. The minimum atomic E-state index is 0.189. The molecule has 0 aliphatic rings. The summed E-state index contributed by atoms with van der Waals surface area (Å²) >= 11 is 0. The molecule has 0 bridgehead atoms. The molecule has 0 unspecified atom stereocenters. The highest BCUT2D eigenvalue weighted by Crippen LogP contribution is 2.25. The van der Waals surface area contributed by atoms with Crippen molar-refractivity contribution in [3.05, 3.63) is 30.3 Å². The Hall–Kier alpha value is -1.52. The topological polar surface area (TPSA) is 36.9 Å². The Morgan fingerprint density at radius 2 is 1.81 bits per heavy atom. The molecule has 4 heteroatoms. The molecule has 0 amide bonds. The van der Waals surface area contributed by atoms with Gasteiger partial charge >= 0.3 is 0 Å². The average molecular weight is 224 g/mol. The number of ether oxygens (including phenoxy) is 4. The first-order valence-corrected chi connectivity index (χ1v) is 4.81. The number of hydrogen-bond acceptors (Lipinski definition) is 4. The molecule has 0 atom stereocenters. The molecule has 88 valence electrons. The molecule has 0 fully saturated rings. The van der Waals surface area contributed by atoms with Gasteiger partial charge in [0.05, 0.1) is 0 Å². The Labute approximate surface area is 95.4 Å². The molecular formula is C12H16O4. The Morgan fingerprint density at radius 3 is 2.44 bits per heavy atom. The summed E-state index contributed by atoms with van der Waals surface area (Å²) in [7, 11) is 3.14. The van der Waals surface area contributed by atoms with Gasteiger partial charge in [-0.15, -0.1) is 0 Å². The maximum absolute atomic E-state index is 5.38. The number of rotatable bonds is 7. The summed E-state index contributed by atoms with van der Waals surface area (Å²) in [5.41, 5.74) is 0.891. The molecule has 0 aliphatic heterocycles. The third-order valence-corrected chi connectivity index (χ3v) is 1.88. The summed E-state index contributed by atoms with van der Waals surface area (Å²) in [6.07, 6.45) is 1.71. The summed E-state index contributed by atoms with van der Waals surface area (Å²) in [6, 6.07) is 5.47. The average Bonchev–Trinajstić information content (AvgIpc) is 2.33. The molecular weight excluding hydrogens is 208 g/mol. The lowest BCUT2D eigenvalue weighted by molar-refractivity contribution is 0.0459. The first-order chi connectivity index (χ1) is 7.81. The molecule has 1 aromatic carbocycles. The van der Waals surface area contributed by atoms with Gasteiger partial charge in [0.2, 0.25) is 0 Å². The fourth-order valence-corrected chi connectivity index (χ4v) is 1.15. The minimum Gasteiger partial charge on any atom is -0.467 e. The third-order valence-electron chi connectivity index (χ3n) is 1.88. The van der Waals surface area contributed by atoms with Crippen molar-refractivity contribution in [1.29, 1.82) is 0 Å². The molecule has 0 aliphatic carbocycles. The van der Waals surface area contributed by atoms with E-state index >= 15 is 0 Å². The second-order valence-electron chi connectivity index (χ2n) is 3.01. The van der Waals surface area contributed by atoms with Crippen LogP contribution in [0.25, 0.3) is 6.08 Å². The number of methoxy groups -OCH3 is 2. The van der Waals surface area contributed by atoms with Crippen molar-refractivity contribution >= 4 is 6.08 Å². The largest absolute Gasteiger partial charge is 0.467 e. The van der Waals surface area contributed by atoms with Crippen LogP contribution in [0, 0.1) is 0 Å². The van der Waals surface area contributed by atoms with Gasteiger partial charge in [0.25, 0.3) is 0 Å². The zero-order chi connectivity index (χ0) is 11.8. The van der Waals surface area contributed by atoms with Gasteiger partial charge in [0, 0.05) is 25.8 Å². The highest BCUT2D eigenvalue weighted by atomic mass is 16.7. The zero-order valence-electron chi connectivity index (χ0n) is 9.56. The Morgan fingerprint density at radius 1 is 1.12 bits per heavy atom. The quantitative estimate of drug-likeness (QED) is 0.666. The van der Waals surface area contributed by atoms with Crippen molar-refractivity contribution in [3.63, 3.8) is 0 Å². The van der Waals surface area contributed by atoms with Gasteiger partial charge in [-0.05, 0) is 12.1 Å². The van der Waals surface area contributed by atoms with E-state index in [-0.39, 0.29) is 13.6 Å². The molecule has 0 saturated heterocycles. The number of hydrogen-bond donors (Lipinski definition) is 0. The summed E-state index contributed by atoms with van der Waals surface area (Å²) in [4.78, 5) is 0. The predicted molar refractivity (Wildman–Crippen MR) is 61.5 cm³/mol. The lowest BCUT2D eigenvalue weighted by Crippen LogP contribution is -2.02. The van der Waals surface area contributed by atoms with Gasteiger partial charge in [-0.3, -0.25) is 0 Å². The van der Waals surface area contributed by atoms with E-state index in [9.17, 15) is 0 Å². The molecule has 0 N–H and O–H groups in total. The van der Waals surface area contributed by atoms with E-state index < -0.39 is 0 Å². The third kappa shape index (κ3) is 3.56. The van der Waals surface area contributed by atoms with Gasteiger partial charge in [-0.25, -0.2) is 0 Å². The second kappa shape index (κ2) is 6.87. The predicted octanol–water partition coefficient (Wildman–Crippen LogP) is 2.29. The lowest BCUT2D eigenvalue weighted by atomic mass is 10.2. The zero-order valence-corrected chi connectivity index (χ0v) is 9.56. The van der Waals surface area contributed by atoms with Crippen molar-refractivity contribution in [2.45, 2.75) is 0 Å². The lowest BCUT2D eigenvalue weighted by Gasteiger charge is -2.11. The molecule has 4 nitrogen and oxygen atoms in total. The SMILES string of the molecule is C=Cc1ccc(OCOC)cc1OCOC. The Kier molecular flexibility index (Phi) is 5.39. The van der Waals surface area contributed by atoms with Crippen LogP contribution in [0.3, 0.4) is 0 Å². The molecule has 0 spiro atoms. The standard InChI is InChI=1S/C12H16O4/c1-4-10-5-6-11(15-8-13-2)7-12(10)16-9-14-3/h4-7H,1,8-9H2,2-3H3. The van der Waals surface area contributed by atoms with Crippen LogP contribution >= 0.6 is 0 Å². The first-order valence-electron chi connectivity index (χ1n) is 4.81. The highest BCUT2D eigenvalue weighted by molar-refractivity contribution is 5.57. The van der Waals surface area contributed by atoms with Gasteiger partial charge in [-0.2, -0.15) is 0 Å². The van der Waals surface area contributed by atoms with Crippen LogP contribution in [0.2, 0.25) is 0 Å². The molecule has 0 aromatic heterocycles. The van der Waals surface area contributed by atoms with Gasteiger partial charge in [0.1, 0.15) is 11.5 Å². The van der Waals surface area contributed by atoms with Crippen molar-refractivity contribution in [2.24, 2.45) is 0 Å². The highest BCUT2D eigenvalue weighted by Gasteiger charge is 2.03. The van der Waals surface area contributed by atoms with E-state index in [0.717, 1.165) is 5.56 Å². The van der Waals surface area contributed by atoms with Gasteiger partial charge in [-0.1, -0.05) is 12.7 Å². The van der Waals surface area contributed by atoms with Crippen molar-refractivity contribution in [1.82, 2.24) is 0 Å². The molecule has 1 rings (SSSR count). The first kappa shape index (κ1) is 12.5. The van der Waals surface area contributed by atoms with Crippen LogP contribution in [0.1, 0.15) is 5.56 Å².